The van der Waals surface area contributed by atoms with Gasteiger partial charge in [-0.05, 0) is 44.6 Å². The Morgan fingerprint density at radius 1 is 1.53 bits per heavy atom. The predicted molar refractivity (Wildman–Crippen MR) is 73.0 cm³/mol. The summed E-state index contributed by atoms with van der Waals surface area (Å²) < 4.78 is 5.11. The average Bonchev–Trinajstić information content (AvgIpc) is 2.84. The summed E-state index contributed by atoms with van der Waals surface area (Å²) in [4.78, 5) is 11.9. The largest absolute Gasteiger partial charge is 0.469 e. The highest BCUT2D eigenvalue weighted by Crippen LogP contribution is 2.33. The maximum atomic E-state index is 11.9. The van der Waals surface area contributed by atoms with Crippen molar-refractivity contribution in [1.29, 1.82) is 0 Å². The lowest BCUT2D eigenvalue weighted by Crippen LogP contribution is -2.45. The van der Waals surface area contributed by atoms with Crippen molar-refractivity contribution in [2.75, 3.05) is 6.54 Å². The number of hydrogen-bond acceptors (Lipinski definition) is 3. The van der Waals surface area contributed by atoms with E-state index >= 15 is 0 Å². The van der Waals surface area contributed by atoms with Crippen molar-refractivity contribution in [2.24, 2.45) is 5.92 Å². The zero-order chi connectivity index (χ0) is 13.9. The molecule has 1 amide bonds. The van der Waals surface area contributed by atoms with Crippen LogP contribution in [0.15, 0.2) is 16.7 Å². The van der Waals surface area contributed by atoms with Crippen LogP contribution in [0.4, 0.5) is 0 Å². The molecule has 106 valence electrons. The SMILES string of the molecule is CCC1CCC(O)(CNC(=O)c2coc(C)c2)CC1. The molecule has 0 unspecified atom stereocenters. The molecule has 0 spiro atoms. The van der Waals surface area contributed by atoms with E-state index in [0.717, 1.165) is 31.6 Å². The zero-order valence-corrected chi connectivity index (χ0v) is 11.7. The van der Waals surface area contributed by atoms with Crippen molar-refractivity contribution < 1.29 is 14.3 Å². The molecule has 0 radical (unpaired) electrons. The average molecular weight is 265 g/mol. The Balaban J connectivity index is 1.83. The molecular formula is C15H23NO3. The van der Waals surface area contributed by atoms with Gasteiger partial charge >= 0.3 is 0 Å². The van der Waals surface area contributed by atoms with Crippen molar-refractivity contribution in [3.63, 3.8) is 0 Å². The first-order valence-electron chi connectivity index (χ1n) is 7.08. The van der Waals surface area contributed by atoms with Gasteiger partial charge in [0.05, 0.1) is 11.2 Å². The van der Waals surface area contributed by atoms with Crippen molar-refractivity contribution in [1.82, 2.24) is 5.32 Å². The topological polar surface area (TPSA) is 62.5 Å². The van der Waals surface area contributed by atoms with Crippen LogP contribution in [0.2, 0.25) is 0 Å². The lowest BCUT2D eigenvalue weighted by molar-refractivity contribution is -0.00787. The molecule has 0 atom stereocenters. The predicted octanol–water partition coefficient (Wildman–Crippen LogP) is 2.65. The summed E-state index contributed by atoms with van der Waals surface area (Å²) in [6, 6.07) is 1.70. The van der Waals surface area contributed by atoms with Gasteiger partial charge in [-0.3, -0.25) is 4.79 Å². The monoisotopic (exact) mass is 265 g/mol. The van der Waals surface area contributed by atoms with Crippen LogP contribution in [-0.2, 0) is 0 Å². The van der Waals surface area contributed by atoms with Crippen molar-refractivity contribution in [3.8, 4) is 0 Å². The second-order valence-corrected chi connectivity index (χ2v) is 5.70. The molecule has 2 N–H and O–H groups in total. The molecule has 0 saturated heterocycles. The van der Waals surface area contributed by atoms with Crippen LogP contribution in [0.5, 0.6) is 0 Å². The number of carbonyl (C=O) groups is 1. The van der Waals surface area contributed by atoms with Crippen molar-refractivity contribution in [3.05, 3.63) is 23.7 Å². The maximum Gasteiger partial charge on any atom is 0.254 e. The summed E-state index contributed by atoms with van der Waals surface area (Å²) in [5.41, 5.74) is -0.219. The highest BCUT2D eigenvalue weighted by atomic mass is 16.3. The van der Waals surface area contributed by atoms with E-state index in [2.05, 4.69) is 12.2 Å². The summed E-state index contributed by atoms with van der Waals surface area (Å²) in [6.07, 6.45) is 6.27. The number of nitrogens with one attached hydrogen (secondary N) is 1. The van der Waals surface area contributed by atoms with Gasteiger partial charge in [0.25, 0.3) is 5.91 Å². The number of aryl methyl sites for hydroxylation is 1. The molecular weight excluding hydrogens is 242 g/mol. The van der Waals surface area contributed by atoms with Crippen LogP contribution in [0.1, 0.15) is 55.1 Å². The lowest BCUT2D eigenvalue weighted by Gasteiger charge is -2.35. The fraction of sp³-hybridized carbons (Fsp3) is 0.667. The molecule has 1 aliphatic carbocycles. The molecule has 1 fully saturated rings. The Labute approximate surface area is 114 Å². The van der Waals surface area contributed by atoms with Gasteiger partial charge in [0.15, 0.2) is 0 Å². The Bertz CT molecular complexity index is 430. The normalized spacial score (nSPS) is 27.2. The fourth-order valence-corrected chi connectivity index (χ4v) is 2.71. The lowest BCUT2D eigenvalue weighted by atomic mass is 9.78. The number of amides is 1. The highest BCUT2D eigenvalue weighted by Gasteiger charge is 2.32. The van der Waals surface area contributed by atoms with E-state index in [1.807, 2.05) is 0 Å². The van der Waals surface area contributed by atoms with Gasteiger partial charge in [-0.1, -0.05) is 13.3 Å². The zero-order valence-electron chi connectivity index (χ0n) is 11.7. The first-order chi connectivity index (χ1) is 9.02. The van der Waals surface area contributed by atoms with Crippen LogP contribution < -0.4 is 5.32 Å². The van der Waals surface area contributed by atoms with Crippen LogP contribution >= 0.6 is 0 Å². The Morgan fingerprint density at radius 2 is 2.21 bits per heavy atom. The van der Waals surface area contributed by atoms with Gasteiger partial charge in [0.1, 0.15) is 12.0 Å². The molecule has 0 aromatic carbocycles. The van der Waals surface area contributed by atoms with Gasteiger partial charge < -0.3 is 14.8 Å². The molecule has 1 aromatic rings. The molecule has 4 heteroatoms. The minimum absolute atomic E-state index is 0.178. The number of carbonyl (C=O) groups excluding carboxylic acids is 1. The van der Waals surface area contributed by atoms with Crippen LogP contribution in [0.3, 0.4) is 0 Å². The third-order valence-electron chi connectivity index (χ3n) is 4.18. The van der Waals surface area contributed by atoms with E-state index in [1.54, 1.807) is 13.0 Å². The molecule has 1 heterocycles. The summed E-state index contributed by atoms with van der Waals surface area (Å²) in [7, 11) is 0. The Morgan fingerprint density at radius 3 is 2.74 bits per heavy atom. The molecule has 4 nitrogen and oxygen atoms in total. The Kier molecular flexibility index (Phi) is 4.30. The fourth-order valence-electron chi connectivity index (χ4n) is 2.71. The molecule has 19 heavy (non-hydrogen) atoms. The van der Waals surface area contributed by atoms with Crippen molar-refractivity contribution >= 4 is 5.91 Å². The molecule has 1 aliphatic rings. The number of hydrogen-bond donors (Lipinski definition) is 2. The summed E-state index contributed by atoms with van der Waals surface area (Å²) in [6.45, 7) is 4.32. The van der Waals surface area contributed by atoms with E-state index in [9.17, 15) is 9.90 Å². The molecule has 2 rings (SSSR count). The maximum absolute atomic E-state index is 11.9. The van der Waals surface area contributed by atoms with E-state index < -0.39 is 5.60 Å². The minimum Gasteiger partial charge on any atom is -0.469 e. The molecule has 0 aliphatic heterocycles. The summed E-state index contributed by atoms with van der Waals surface area (Å²) in [5.74, 6) is 1.27. The molecule has 1 aromatic heterocycles. The first-order valence-corrected chi connectivity index (χ1v) is 7.08. The summed E-state index contributed by atoms with van der Waals surface area (Å²) in [5, 5.41) is 13.3. The van der Waals surface area contributed by atoms with E-state index in [0.29, 0.717) is 17.9 Å². The number of furan rings is 1. The molecule has 1 saturated carbocycles. The quantitative estimate of drug-likeness (QED) is 0.879. The number of aliphatic hydroxyl groups is 1. The third-order valence-corrected chi connectivity index (χ3v) is 4.18. The second-order valence-electron chi connectivity index (χ2n) is 5.70. The summed E-state index contributed by atoms with van der Waals surface area (Å²) >= 11 is 0. The van der Waals surface area contributed by atoms with Gasteiger partial charge in [-0.2, -0.15) is 0 Å². The van der Waals surface area contributed by atoms with Gasteiger partial charge in [0, 0.05) is 6.54 Å². The standard InChI is InChI=1S/C15H23NO3/c1-3-12-4-6-15(18,7-5-12)10-16-14(17)13-8-11(2)19-9-13/h8-9,12,18H,3-7,10H2,1-2H3,(H,16,17). The van der Waals surface area contributed by atoms with Gasteiger partial charge in [-0.25, -0.2) is 0 Å². The van der Waals surface area contributed by atoms with Gasteiger partial charge in [-0.15, -0.1) is 0 Å². The highest BCUT2D eigenvalue weighted by molar-refractivity contribution is 5.93. The first kappa shape index (κ1) is 14.1. The smallest absolute Gasteiger partial charge is 0.254 e. The van der Waals surface area contributed by atoms with Crippen LogP contribution in [-0.4, -0.2) is 23.2 Å². The van der Waals surface area contributed by atoms with Crippen molar-refractivity contribution in [2.45, 2.75) is 51.6 Å². The van der Waals surface area contributed by atoms with Crippen LogP contribution in [0.25, 0.3) is 0 Å². The van der Waals surface area contributed by atoms with E-state index in [-0.39, 0.29) is 5.91 Å². The molecule has 0 bridgehead atoms. The van der Waals surface area contributed by atoms with E-state index in [1.165, 1.54) is 12.7 Å². The van der Waals surface area contributed by atoms with Crippen LogP contribution in [0, 0.1) is 12.8 Å². The third kappa shape index (κ3) is 3.60. The Hall–Kier alpha value is -1.29. The second kappa shape index (κ2) is 5.78. The van der Waals surface area contributed by atoms with E-state index in [4.69, 9.17) is 4.42 Å². The van der Waals surface area contributed by atoms with Gasteiger partial charge in [0.2, 0.25) is 0 Å². The number of rotatable bonds is 4. The minimum atomic E-state index is -0.736.